The van der Waals surface area contributed by atoms with Crippen LogP contribution in [0.1, 0.15) is 60.8 Å². The second kappa shape index (κ2) is 10.5. The van der Waals surface area contributed by atoms with Crippen molar-refractivity contribution in [2.45, 2.75) is 60.8 Å². The number of hydrogen-bond acceptors (Lipinski definition) is 2. The van der Waals surface area contributed by atoms with Gasteiger partial charge in [-0.1, -0.05) is 67.0 Å². The van der Waals surface area contributed by atoms with Crippen molar-refractivity contribution >= 4 is 10.4 Å². The molecule has 0 aliphatic heterocycles. The Kier molecular flexibility index (Phi) is 9.93. The van der Waals surface area contributed by atoms with E-state index in [9.17, 15) is 0 Å². The zero-order valence-electron chi connectivity index (χ0n) is 16.2. The van der Waals surface area contributed by atoms with Gasteiger partial charge in [-0.25, -0.2) is 0 Å². The zero-order chi connectivity index (χ0) is 19.7. The Hall–Kier alpha value is -1.43. The Bertz CT molecular complexity index is 679. The average Bonchev–Trinajstić information content (AvgIpc) is 2.44. The standard InChI is InChI=1S/C20H30.H2O4S/c1-7-16(2)10-8-11-17(3)13-14-19-18(4)12-9-15-20(19,5)6;1-5(2,3)4/h7-8,10-11,13-14H,9,12,15H2,1-6H3;(H2,1,2,3,4)/b10-8+,14-13+,16-7-,17-11-;. The number of rotatable bonds is 4. The van der Waals surface area contributed by atoms with Crippen LogP contribution < -0.4 is 0 Å². The van der Waals surface area contributed by atoms with Gasteiger partial charge in [0, 0.05) is 0 Å². The molecule has 25 heavy (non-hydrogen) atoms. The molecule has 0 fully saturated rings. The molecule has 0 spiro atoms. The van der Waals surface area contributed by atoms with Crippen LogP contribution in [0, 0.1) is 5.41 Å². The normalized spacial score (nSPS) is 19.4. The van der Waals surface area contributed by atoms with Crippen LogP contribution in [-0.4, -0.2) is 17.5 Å². The third-order valence-corrected chi connectivity index (χ3v) is 4.23. The molecule has 0 amide bonds. The summed E-state index contributed by atoms with van der Waals surface area (Å²) in [5.41, 5.74) is 6.02. The van der Waals surface area contributed by atoms with Crippen LogP contribution in [0.4, 0.5) is 0 Å². The molecule has 0 atom stereocenters. The lowest BCUT2D eigenvalue weighted by Crippen LogP contribution is -2.19. The molecule has 0 heterocycles. The van der Waals surface area contributed by atoms with Crippen molar-refractivity contribution in [2.24, 2.45) is 5.41 Å². The Morgan fingerprint density at radius 1 is 1.12 bits per heavy atom. The van der Waals surface area contributed by atoms with Crippen molar-refractivity contribution in [3.05, 3.63) is 58.7 Å². The van der Waals surface area contributed by atoms with Crippen molar-refractivity contribution in [1.82, 2.24) is 0 Å². The first-order valence-electron chi connectivity index (χ1n) is 8.43. The highest BCUT2D eigenvalue weighted by atomic mass is 32.3. The predicted molar refractivity (Wildman–Crippen MR) is 106 cm³/mol. The third kappa shape index (κ3) is 11.7. The zero-order valence-corrected chi connectivity index (χ0v) is 17.0. The molecule has 0 saturated carbocycles. The van der Waals surface area contributed by atoms with E-state index in [1.807, 2.05) is 0 Å². The van der Waals surface area contributed by atoms with E-state index >= 15 is 0 Å². The minimum atomic E-state index is -4.67. The molecular weight excluding hydrogens is 336 g/mol. The molecule has 1 aliphatic carbocycles. The number of allylic oxidation sites excluding steroid dienone is 10. The smallest absolute Gasteiger partial charge is 0.264 e. The van der Waals surface area contributed by atoms with Crippen molar-refractivity contribution < 1.29 is 17.5 Å². The fourth-order valence-corrected chi connectivity index (χ4v) is 2.73. The highest BCUT2D eigenvalue weighted by molar-refractivity contribution is 7.79. The summed E-state index contributed by atoms with van der Waals surface area (Å²) in [6.07, 6.45) is 17.0. The van der Waals surface area contributed by atoms with Gasteiger partial charge >= 0.3 is 10.4 Å². The van der Waals surface area contributed by atoms with Crippen molar-refractivity contribution in [3.63, 3.8) is 0 Å². The van der Waals surface area contributed by atoms with E-state index in [4.69, 9.17) is 17.5 Å². The fourth-order valence-electron chi connectivity index (χ4n) is 2.73. The van der Waals surface area contributed by atoms with E-state index in [1.165, 1.54) is 36.0 Å². The maximum absolute atomic E-state index is 8.74. The van der Waals surface area contributed by atoms with Gasteiger partial charge in [-0.05, 0) is 57.9 Å². The minimum absolute atomic E-state index is 0.330. The molecule has 0 bridgehead atoms. The summed E-state index contributed by atoms with van der Waals surface area (Å²) in [6.45, 7) is 13.4. The molecule has 0 aromatic heterocycles. The van der Waals surface area contributed by atoms with Gasteiger partial charge in [0.2, 0.25) is 0 Å². The van der Waals surface area contributed by atoms with Gasteiger partial charge in [0.1, 0.15) is 0 Å². The van der Waals surface area contributed by atoms with E-state index in [2.05, 4.69) is 78.0 Å². The van der Waals surface area contributed by atoms with Gasteiger partial charge in [0.05, 0.1) is 0 Å². The molecule has 0 radical (unpaired) electrons. The molecule has 4 nitrogen and oxygen atoms in total. The topological polar surface area (TPSA) is 74.6 Å². The lowest BCUT2D eigenvalue weighted by Gasteiger charge is -2.32. The Morgan fingerprint density at radius 3 is 2.16 bits per heavy atom. The summed E-state index contributed by atoms with van der Waals surface area (Å²) in [5.74, 6) is 0. The van der Waals surface area contributed by atoms with Crippen molar-refractivity contribution in [3.8, 4) is 0 Å². The highest BCUT2D eigenvalue weighted by Crippen LogP contribution is 2.40. The summed E-state index contributed by atoms with van der Waals surface area (Å²) < 4.78 is 31.6. The van der Waals surface area contributed by atoms with Gasteiger partial charge in [-0.15, -0.1) is 0 Å². The van der Waals surface area contributed by atoms with Gasteiger partial charge < -0.3 is 0 Å². The molecule has 0 unspecified atom stereocenters. The maximum Gasteiger partial charge on any atom is 0.394 e. The molecule has 142 valence electrons. The first kappa shape index (κ1) is 23.6. The first-order valence-corrected chi connectivity index (χ1v) is 9.82. The largest absolute Gasteiger partial charge is 0.394 e. The summed E-state index contributed by atoms with van der Waals surface area (Å²) in [5, 5.41) is 0. The highest BCUT2D eigenvalue weighted by Gasteiger charge is 2.26. The summed E-state index contributed by atoms with van der Waals surface area (Å²) in [7, 11) is -4.67. The molecule has 1 rings (SSSR count). The molecule has 1 aliphatic rings. The molecule has 0 aromatic rings. The Morgan fingerprint density at radius 2 is 1.68 bits per heavy atom. The van der Waals surface area contributed by atoms with E-state index in [0.29, 0.717) is 5.41 Å². The maximum atomic E-state index is 8.74. The summed E-state index contributed by atoms with van der Waals surface area (Å²) >= 11 is 0. The van der Waals surface area contributed by atoms with Gasteiger partial charge in [-0.2, -0.15) is 8.42 Å². The number of hydrogen-bond donors (Lipinski definition) is 2. The van der Waals surface area contributed by atoms with Crippen LogP contribution >= 0.6 is 0 Å². The predicted octanol–water partition coefficient (Wildman–Crippen LogP) is 5.89. The fraction of sp³-hybridized carbons (Fsp3) is 0.500. The van der Waals surface area contributed by atoms with Crippen molar-refractivity contribution in [1.29, 1.82) is 0 Å². The second-order valence-electron chi connectivity index (χ2n) is 7.02. The van der Waals surface area contributed by atoms with Crippen LogP contribution in [-0.2, 0) is 10.4 Å². The molecule has 5 heteroatoms. The lowest BCUT2D eigenvalue weighted by molar-refractivity contribution is 0.376. The van der Waals surface area contributed by atoms with E-state index in [1.54, 1.807) is 5.57 Å². The van der Waals surface area contributed by atoms with Gasteiger partial charge in [0.25, 0.3) is 0 Å². The van der Waals surface area contributed by atoms with Crippen LogP contribution in [0.2, 0.25) is 0 Å². The van der Waals surface area contributed by atoms with Gasteiger partial charge in [0.15, 0.2) is 0 Å². The minimum Gasteiger partial charge on any atom is -0.264 e. The molecular formula is C20H32O4S. The van der Waals surface area contributed by atoms with Crippen LogP contribution in [0.3, 0.4) is 0 Å². The lowest BCUT2D eigenvalue weighted by atomic mass is 9.72. The van der Waals surface area contributed by atoms with E-state index < -0.39 is 10.4 Å². The monoisotopic (exact) mass is 368 g/mol. The van der Waals surface area contributed by atoms with E-state index in [-0.39, 0.29) is 0 Å². The van der Waals surface area contributed by atoms with Crippen molar-refractivity contribution in [2.75, 3.05) is 0 Å². The molecule has 0 saturated heterocycles. The quantitative estimate of drug-likeness (QED) is 0.479. The van der Waals surface area contributed by atoms with Crippen LogP contribution in [0.25, 0.3) is 0 Å². The molecule has 2 N–H and O–H groups in total. The van der Waals surface area contributed by atoms with E-state index in [0.717, 1.165) is 0 Å². The average molecular weight is 369 g/mol. The SMILES string of the molecule is C\C=C(C)/C=C/C=C(C)\C=C\C1=C(C)CCCC1(C)C.O=S(=O)(O)O. The summed E-state index contributed by atoms with van der Waals surface area (Å²) in [4.78, 5) is 0. The second-order valence-corrected chi connectivity index (χ2v) is 7.91. The first-order chi connectivity index (χ1) is 11.4. The van der Waals surface area contributed by atoms with Crippen LogP contribution in [0.5, 0.6) is 0 Å². The Labute approximate surface area is 153 Å². The van der Waals surface area contributed by atoms with Crippen LogP contribution in [0.15, 0.2) is 58.7 Å². The Balaban J connectivity index is 0.00000101. The van der Waals surface area contributed by atoms with Gasteiger partial charge in [-0.3, -0.25) is 9.11 Å². The summed E-state index contributed by atoms with van der Waals surface area (Å²) in [6, 6.07) is 0. The molecule has 0 aromatic carbocycles. The third-order valence-electron chi connectivity index (χ3n) is 4.23.